The maximum atomic E-state index is 13.7. The molecule has 1 aliphatic carbocycles. The summed E-state index contributed by atoms with van der Waals surface area (Å²) in [6, 6.07) is 3.65. The predicted molar refractivity (Wildman–Crippen MR) is 70.2 cm³/mol. The molecule has 0 aromatic heterocycles. The molecule has 1 fully saturated rings. The minimum atomic E-state index is -0.734. The lowest BCUT2D eigenvalue weighted by molar-refractivity contribution is -0.386. The Hall–Kier alpha value is -1.21. The summed E-state index contributed by atoms with van der Waals surface area (Å²) in [5.41, 5.74) is -0.367. The van der Waals surface area contributed by atoms with E-state index in [1.807, 2.05) is 6.92 Å². The summed E-state index contributed by atoms with van der Waals surface area (Å²) < 4.78 is 24.5. The van der Waals surface area contributed by atoms with Crippen LogP contribution in [0.15, 0.2) is 18.2 Å². The molecule has 3 atom stereocenters. The van der Waals surface area contributed by atoms with E-state index in [1.54, 1.807) is 0 Å². The molecule has 0 bridgehead atoms. The van der Waals surface area contributed by atoms with Gasteiger partial charge in [-0.1, -0.05) is 22.0 Å². The van der Waals surface area contributed by atoms with E-state index in [0.29, 0.717) is 13.0 Å². The van der Waals surface area contributed by atoms with Crippen LogP contribution in [0.4, 0.5) is 10.1 Å². The number of halogens is 2. The molecule has 1 saturated carbocycles. The zero-order valence-electron chi connectivity index (χ0n) is 10.2. The summed E-state index contributed by atoms with van der Waals surface area (Å²) in [4.78, 5) is 10.3. The summed E-state index contributed by atoms with van der Waals surface area (Å²) >= 11 is 3.41. The molecule has 0 amide bonds. The van der Waals surface area contributed by atoms with Gasteiger partial charge in [0.1, 0.15) is 12.2 Å². The van der Waals surface area contributed by atoms with Gasteiger partial charge in [-0.05, 0) is 13.0 Å². The first kappa shape index (κ1) is 14.2. The zero-order valence-corrected chi connectivity index (χ0v) is 11.8. The first-order valence-corrected chi connectivity index (χ1v) is 6.81. The van der Waals surface area contributed by atoms with Crippen LogP contribution in [-0.4, -0.2) is 28.6 Å². The van der Waals surface area contributed by atoms with E-state index < -0.39 is 10.7 Å². The molecule has 0 saturated heterocycles. The summed E-state index contributed by atoms with van der Waals surface area (Å²) in [5.74, 6) is -1.05. The van der Waals surface area contributed by atoms with Gasteiger partial charge in [-0.15, -0.1) is 0 Å². The van der Waals surface area contributed by atoms with E-state index in [0.717, 1.165) is 6.07 Å². The van der Waals surface area contributed by atoms with E-state index >= 15 is 0 Å². The number of hydrogen-bond donors (Lipinski definition) is 0. The molecule has 0 N–H and O–H groups in total. The number of benzene rings is 1. The van der Waals surface area contributed by atoms with Crippen LogP contribution in [0.2, 0.25) is 0 Å². The smallest absolute Gasteiger partial charge is 0.314 e. The minimum absolute atomic E-state index is 0.128. The van der Waals surface area contributed by atoms with Crippen LogP contribution in [0.1, 0.15) is 13.3 Å². The highest BCUT2D eigenvalue weighted by Gasteiger charge is 2.43. The number of rotatable bonds is 5. The largest absolute Gasteiger partial charge is 0.479 e. The van der Waals surface area contributed by atoms with Gasteiger partial charge in [0.25, 0.3) is 0 Å². The molecule has 7 heteroatoms. The van der Waals surface area contributed by atoms with Gasteiger partial charge in [-0.2, -0.15) is 0 Å². The number of hydrogen-bond acceptors (Lipinski definition) is 4. The molecule has 2 rings (SSSR count). The van der Waals surface area contributed by atoms with Crippen molar-refractivity contribution in [2.75, 3.05) is 6.61 Å². The van der Waals surface area contributed by atoms with Crippen LogP contribution in [0.25, 0.3) is 0 Å². The van der Waals surface area contributed by atoms with Gasteiger partial charge in [0, 0.05) is 23.9 Å². The number of para-hydroxylation sites is 1. The topological polar surface area (TPSA) is 61.6 Å². The van der Waals surface area contributed by atoms with Crippen LogP contribution in [0.5, 0.6) is 5.75 Å². The first-order valence-electron chi connectivity index (χ1n) is 5.89. The Bertz CT molecular complexity index is 485. The number of ether oxygens (including phenoxy) is 2. The Morgan fingerprint density at radius 2 is 2.32 bits per heavy atom. The van der Waals surface area contributed by atoms with Gasteiger partial charge in [-0.25, -0.2) is 4.39 Å². The van der Waals surface area contributed by atoms with Crippen molar-refractivity contribution >= 4 is 21.6 Å². The highest BCUT2D eigenvalue weighted by atomic mass is 79.9. The number of alkyl halides is 1. The molecule has 5 nitrogen and oxygen atoms in total. The van der Waals surface area contributed by atoms with Crippen molar-refractivity contribution in [3.05, 3.63) is 34.1 Å². The third-order valence-electron chi connectivity index (χ3n) is 2.95. The van der Waals surface area contributed by atoms with Crippen molar-refractivity contribution in [2.24, 2.45) is 0 Å². The van der Waals surface area contributed by atoms with Crippen molar-refractivity contribution in [3.8, 4) is 5.75 Å². The molecule has 1 aromatic carbocycles. The minimum Gasteiger partial charge on any atom is -0.479 e. The standard InChI is InChI=1S/C12H13BrFNO4/c1-2-18-11-7(13)6-10(11)19-12-8(14)4-3-5-9(12)15(16)17/h3-5,7,10-11H,2,6H2,1H3. The van der Waals surface area contributed by atoms with E-state index in [1.165, 1.54) is 12.1 Å². The average molecular weight is 334 g/mol. The lowest BCUT2D eigenvalue weighted by Gasteiger charge is -2.40. The molecule has 19 heavy (non-hydrogen) atoms. The molecule has 0 heterocycles. The Balaban J connectivity index is 2.17. The fourth-order valence-corrected chi connectivity index (χ4v) is 2.82. The van der Waals surface area contributed by atoms with E-state index in [2.05, 4.69) is 15.9 Å². The molecule has 1 aliphatic rings. The van der Waals surface area contributed by atoms with E-state index in [9.17, 15) is 14.5 Å². The van der Waals surface area contributed by atoms with Crippen molar-refractivity contribution < 1.29 is 18.8 Å². The van der Waals surface area contributed by atoms with Gasteiger partial charge in [0.15, 0.2) is 5.82 Å². The number of nitro groups is 1. The van der Waals surface area contributed by atoms with Crippen molar-refractivity contribution in [1.82, 2.24) is 0 Å². The normalized spacial score (nSPS) is 25.7. The van der Waals surface area contributed by atoms with Crippen LogP contribution in [0.3, 0.4) is 0 Å². The van der Waals surface area contributed by atoms with Gasteiger partial charge in [0.2, 0.25) is 5.75 Å². The molecule has 104 valence electrons. The van der Waals surface area contributed by atoms with Crippen molar-refractivity contribution in [3.63, 3.8) is 0 Å². The molecule has 3 unspecified atom stereocenters. The van der Waals surface area contributed by atoms with Gasteiger partial charge < -0.3 is 9.47 Å². The Labute approximate surface area is 118 Å². The third kappa shape index (κ3) is 2.87. The second-order valence-electron chi connectivity index (χ2n) is 4.17. The first-order chi connectivity index (χ1) is 9.04. The van der Waals surface area contributed by atoms with Gasteiger partial charge in [-0.3, -0.25) is 10.1 Å². The van der Waals surface area contributed by atoms with Crippen LogP contribution in [-0.2, 0) is 4.74 Å². The Kier molecular flexibility index (Phi) is 4.36. The lowest BCUT2D eigenvalue weighted by atomic mass is 9.91. The summed E-state index contributed by atoms with van der Waals surface area (Å²) in [6.07, 6.45) is 0.0278. The van der Waals surface area contributed by atoms with E-state index in [-0.39, 0.29) is 28.5 Å². The summed E-state index contributed by atoms with van der Waals surface area (Å²) in [5, 5.41) is 10.9. The third-order valence-corrected chi connectivity index (χ3v) is 3.85. The molecule has 0 aliphatic heterocycles. The predicted octanol–water partition coefficient (Wildman–Crippen LogP) is 3.05. The quantitative estimate of drug-likeness (QED) is 0.472. The Morgan fingerprint density at radius 1 is 1.58 bits per heavy atom. The maximum Gasteiger partial charge on any atom is 0.314 e. The Morgan fingerprint density at radius 3 is 2.89 bits per heavy atom. The molecule has 0 spiro atoms. The highest BCUT2D eigenvalue weighted by Crippen LogP contribution is 2.38. The maximum absolute atomic E-state index is 13.7. The van der Waals surface area contributed by atoms with Crippen molar-refractivity contribution in [2.45, 2.75) is 30.4 Å². The highest BCUT2D eigenvalue weighted by molar-refractivity contribution is 9.09. The molecule has 0 radical (unpaired) electrons. The second kappa shape index (κ2) is 5.83. The summed E-state index contributed by atoms with van der Waals surface area (Å²) in [7, 11) is 0. The van der Waals surface area contributed by atoms with Gasteiger partial charge >= 0.3 is 5.69 Å². The fourth-order valence-electron chi connectivity index (χ4n) is 1.96. The van der Waals surface area contributed by atoms with Crippen molar-refractivity contribution in [1.29, 1.82) is 0 Å². The average Bonchev–Trinajstić information content (AvgIpc) is 2.37. The van der Waals surface area contributed by atoms with Gasteiger partial charge in [0.05, 0.1) is 4.92 Å². The molecular formula is C12H13BrFNO4. The molecular weight excluding hydrogens is 321 g/mol. The fraction of sp³-hybridized carbons (Fsp3) is 0.500. The lowest BCUT2D eigenvalue weighted by Crippen LogP contribution is -2.52. The monoisotopic (exact) mass is 333 g/mol. The van der Waals surface area contributed by atoms with Crippen LogP contribution < -0.4 is 4.74 Å². The molecule has 1 aromatic rings. The SMILES string of the molecule is CCOC1C(Br)CC1Oc1c(F)cccc1[N+](=O)[O-]. The van der Waals surface area contributed by atoms with Crippen LogP contribution >= 0.6 is 15.9 Å². The summed E-state index contributed by atoms with van der Waals surface area (Å²) in [6.45, 7) is 2.35. The number of nitro benzene ring substituents is 1. The van der Waals surface area contributed by atoms with Crippen LogP contribution in [0, 0.1) is 15.9 Å². The zero-order chi connectivity index (χ0) is 14.0. The second-order valence-corrected chi connectivity index (χ2v) is 5.35. The number of nitrogens with zero attached hydrogens (tertiary/aromatic N) is 1. The van der Waals surface area contributed by atoms with E-state index in [4.69, 9.17) is 9.47 Å².